The second-order valence-electron chi connectivity index (χ2n) is 8.60. The van der Waals surface area contributed by atoms with Gasteiger partial charge in [0.1, 0.15) is 12.1 Å². The molecule has 13 N–H and O–H groups in total. The van der Waals surface area contributed by atoms with Crippen LogP contribution < -0.4 is 38.9 Å². The topological polar surface area (TPSA) is 278 Å². The number of rotatable bonds is 16. The van der Waals surface area contributed by atoms with Crippen LogP contribution in [-0.2, 0) is 30.4 Å². The van der Waals surface area contributed by atoms with Crippen molar-refractivity contribution in [1.29, 1.82) is 0 Å². The minimum absolute atomic E-state index is 0.0634. The highest BCUT2D eigenvalue weighted by atomic mass is 16.4. The second kappa shape index (κ2) is 15.8. The highest BCUT2D eigenvalue weighted by Crippen LogP contribution is 2.06. The quantitative estimate of drug-likeness (QED) is 0.0568. The molecule has 0 spiro atoms. The number of guanidine groups is 1. The number of hydrogen-bond acceptors (Lipinski definition) is 8. The fourth-order valence-electron chi connectivity index (χ4n) is 3.31. The van der Waals surface area contributed by atoms with Crippen LogP contribution in [0.1, 0.15) is 31.7 Å². The first-order valence-corrected chi connectivity index (χ1v) is 11.8. The predicted octanol–water partition coefficient (Wildman–Crippen LogP) is -3.59. The van der Waals surface area contributed by atoms with Crippen LogP contribution in [0.3, 0.4) is 0 Å². The second-order valence-corrected chi connectivity index (χ2v) is 8.60. The van der Waals surface area contributed by atoms with Crippen molar-refractivity contribution in [2.24, 2.45) is 27.9 Å². The average molecular weight is 537 g/mol. The van der Waals surface area contributed by atoms with Crippen LogP contribution in [0, 0.1) is 0 Å². The number of aliphatic hydroxyl groups is 1. The Morgan fingerprint density at radius 1 is 0.921 bits per heavy atom. The van der Waals surface area contributed by atoms with E-state index in [9.17, 15) is 34.2 Å². The van der Waals surface area contributed by atoms with Crippen molar-refractivity contribution in [3.05, 3.63) is 35.9 Å². The highest BCUT2D eigenvalue weighted by Gasteiger charge is 2.32. The van der Waals surface area contributed by atoms with Gasteiger partial charge in [-0.2, -0.15) is 0 Å². The number of nitrogens with zero attached hydrogens (tertiary/aromatic N) is 1. The van der Waals surface area contributed by atoms with E-state index in [1.807, 2.05) is 0 Å². The Labute approximate surface area is 219 Å². The van der Waals surface area contributed by atoms with E-state index in [0.29, 0.717) is 12.0 Å². The lowest BCUT2D eigenvalue weighted by molar-refractivity contribution is -0.145. The zero-order valence-electron chi connectivity index (χ0n) is 21.0. The Hall–Kier alpha value is -4.24. The Morgan fingerprint density at radius 3 is 2.03 bits per heavy atom. The summed E-state index contributed by atoms with van der Waals surface area (Å²) in [5.74, 6) is -5.08. The van der Waals surface area contributed by atoms with Gasteiger partial charge in [-0.1, -0.05) is 30.3 Å². The summed E-state index contributed by atoms with van der Waals surface area (Å²) >= 11 is 0. The SMILES string of the molecule is CC(O)C(NC(=O)C(Cc1ccccc1)NC(=O)C(CC(N)=O)NC(=O)C(N)CCCN=C(N)N)C(=O)O. The van der Waals surface area contributed by atoms with Crippen molar-refractivity contribution >= 4 is 35.6 Å². The number of carbonyl (C=O) groups is 5. The third-order valence-electron chi connectivity index (χ3n) is 5.30. The molecule has 0 aliphatic rings. The molecule has 15 heteroatoms. The minimum Gasteiger partial charge on any atom is -0.480 e. The van der Waals surface area contributed by atoms with E-state index < -0.39 is 66.3 Å². The molecule has 0 aliphatic carbocycles. The summed E-state index contributed by atoms with van der Waals surface area (Å²) in [5.41, 5.74) is 22.2. The maximum atomic E-state index is 13.1. The number of carboxylic acid groups (broad SMARTS) is 1. The van der Waals surface area contributed by atoms with Gasteiger partial charge in [-0.15, -0.1) is 0 Å². The van der Waals surface area contributed by atoms with Crippen LogP contribution in [0.4, 0.5) is 0 Å². The number of carbonyl (C=O) groups excluding carboxylic acids is 4. The van der Waals surface area contributed by atoms with Crippen molar-refractivity contribution < 1.29 is 34.2 Å². The summed E-state index contributed by atoms with van der Waals surface area (Å²) in [6, 6.07) is 3.00. The van der Waals surface area contributed by atoms with E-state index >= 15 is 0 Å². The summed E-state index contributed by atoms with van der Waals surface area (Å²) in [7, 11) is 0. The normalized spacial score (nSPS) is 14.6. The number of nitrogens with two attached hydrogens (primary N) is 4. The summed E-state index contributed by atoms with van der Waals surface area (Å²) < 4.78 is 0. The van der Waals surface area contributed by atoms with Gasteiger partial charge in [-0.3, -0.25) is 24.2 Å². The largest absolute Gasteiger partial charge is 0.480 e. The van der Waals surface area contributed by atoms with Gasteiger partial charge >= 0.3 is 5.97 Å². The Balaban J connectivity index is 3.04. The van der Waals surface area contributed by atoms with Gasteiger partial charge in [0.2, 0.25) is 23.6 Å². The molecule has 0 fully saturated rings. The van der Waals surface area contributed by atoms with Crippen molar-refractivity contribution in [3.63, 3.8) is 0 Å². The van der Waals surface area contributed by atoms with Crippen LogP contribution in [0.5, 0.6) is 0 Å². The predicted molar refractivity (Wildman–Crippen MR) is 137 cm³/mol. The van der Waals surface area contributed by atoms with Crippen LogP contribution in [-0.4, -0.2) is 82.6 Å². The van der Waals surface area contributed by atoms with E-state index in [0.717, 1.165) is 0 Å². The molecule has 210 valence electrons. The first kappa shape index (κ1) is 31.8. The van der Waals surface area contributed by atoms with Gasteiger partial charge < -0.3 is 49.1 Å². The summed E-state index contributed by atoms with van der Waals surface area (Å²) in [6.07, 6.45) is -1.55. The Morgan fingerprint density at radius 2 is 1.50 bits per heavy atom. The molecule has 0 bridgehead atoms. The van der Waals surface area contributed by atoms with Gasteiger partial charge in [0.05, 0.1) is 18.6 Å². The average Bonchev–Trinajstić information content (AvgIpc) is 2.83. The number of carboxylic acids is 1. The molecule has 5 unspecified atom stereocenters. The smallest absolute Gasteiger partial charge is 0.328 e. The lowest BCUT2D eigenvalue weighted by Gasteiger charge is -2.25. The molecule has 1 rings (SSSR count). The Bertz CT molecular complexity index is 999. The number of aliphatic imine (C=N–C) groups is 1. The number of primary amides is 1. The molecular weight excluding hydrogens is 500 g/mol. The van der Waals surface area contributed by atoms with E-state index in [1.165, 1.54) is 6.92 Å². The molecule has 0 aliphatic heterocycles. The standard InChI is InChI=1S/C23H36N8O7/c1-12(32)18(22(37)38)31-21(36)15(10-13-6-3-2-4-7-13)30-20(35)16(11-17(25)33)29-19(34)14(24)8-5-9-28-23(26)27/h2-4,6-7,12,14-16,18,32H,5,8-11,24H2,1H3,(H2,25,33)(H,29,34)(H,30,35)(H,31,36)(H,37,38)(H4,26,27,28). The Kier molecular flexibility index (Phi) is 13.2. The van der Waals surface area contributed by atoms with Gasteiger partial charge in [0.15, 0.2) is 12.0 Å². The van der Waals surface area contributed by atoms with Crippen molar-refractivity contribution in [2.45, 2.75) is 62.9 Å². The van der Waals surface area contributed by atoms with Crippen LogP contribution >= 0.6 is 0 Å². The fourth-order valence-corrected chi connectivity index (χ4v) is 3.31. The molecule has 15 nitrogen and oxygen atoms in total. The maximum absolute atomic E-state index is 13.1. The number of benzene rings is 1. The van der Waals surface area contributed by atoms with Gasteiger partial charge in [0, 0.05) is 13.0 Å². The first-order chi connectivity index (χ1) is 17.8. The van der Waals surface area contributed by atoms with Gasteiger partial charge in [0.25, 0.3) is 0 Å². The molecule has 1 aromatic rings. The third-order valence-corrected chi connectivity index (χ3v) is 5.30. The van der Waals surface area contributed by atoms with Crippen molar-refractivity contribution in [2.75, 3.05) is 6.54 Å². The highest BCUT2D eigenvalue weighted by molar-refractivity contribution is 5.96. The number of amides is 4. The molecule has 0 saturated carbocycles. The molecule has 0 aromatic heterocycles. The monoisotopic (exact) mass is 536 g/mol. The van der Waals surface area contributed by atoms with Gasteiger partial charge in [-0.25, -0.2) is 4.79 Å². The van der Waals surface area contributed by atoms with Crippen LogP contribution in [0.2, 0.25) is 0 Å². The number of aliphatic carboxylic acids is 1. The minimum atomic E-state index is -1.64. The van der Waals surface area contributed by atoms with Crippen LogP contribution in [0.25, 0.3) is 0 Å². The number of nitrogens with one attached hydrogen (secondary N) is 3. The number of aliphatic hydroxyl groups excluding tert-OH is 1. The molecule has 0 heterocycles. The lowest BCUT2D eigenvalue weighted by Crippen LogP contribution is -2.59. The summed E-state index contributed by atoms with van der Waals surface area (Å²) in [4.78, 5) is 65.4. The van der Waals surface area contributed by atoms with E-state index in [-0.39, 0.29) is 25.3 Å². The first-order valence-electron chi connectivity index (χ1n) is 11.8. The zero-order chi connectivity index (χ0) is 28.8. The molecule has 0 radical (unpaired) electrons. The van der Waals surface area contributed by atoms with Gasteiger partial charge in [-0.05, 0) is 25.3 Å². The maximum Gasteiger partial charge on any atom is 0.328 e. The van der Waals surface area contributed by atoms with E-state index in [2.05, 4.69) is 20.9 Å². The van der Waals surface area contributed by atoms with Crippen molar-refractivity contribution in [3.8, 4) is 0 Å². The van der Waals surface area contributed by atoms with Crippen molar-refractivity contribution in [1.82, 2.24) is 16.0 Å². The van der Waals surface area contributed by atoms with Crippen LogP contribution in [0.15, 0.2) is 35.3 Å². The van der Waals surface area contributed by atoms with E-state index in [1.54, 1.807) is 30.3 Å². The third kappa shape index (κ3) is 11.7. The van der Waals surface area contributed by atoms with E-state index in [4.69, 9.17) is 22.9 Å². The number of hydrogen-bond donors (Lipinski definition) is 9. The molecular formula is C23H36N8O7. The molecule has 1 aromatic carbocycles. The summed E-state index contributed by atoms with van der Waals surface area (Å²) in [6.45, 7) is 1.41. The molecule has 4 amide bonds. The molecule has 5 atom stereocenters. The zero-order valence-corrected chi connectivity index (χ0v) is 21.0. The lowest BCUT2D eigenvalue weighted by atomic mass is 10.0. The summed E-state index contributed by atoms with van der Waals surface area (Å²) in [5, 5.41) is 26.0. The fraction of sp³-hybridized carbons (Fsp3) is 0.478. The molecule has 38 heavy (non-hydrogen) atoms. The molecule has 0 saturated heterocycles.